The normalized spacial score (nSPS) is 23.1. The molecule has 0 radical (unpaired) electrons. The minimum atomic E-state index is -0.634. The summed E-state index contributed by atoms with van der Waals surface area (Å²) in [6, 6.07) is -0.792. The van der Waals surface area contributed by atoms with Crippen molar-refractivity contribution in [2.24, 2.45) is 11.8 Å². The maximum atomic E-state index is 13.8. The van der Waals surface area contributed by atoms with Crippen molar-refractivity contribution in [1.29, 1.82) is 0 Å². The molecule has 8 nitrogen and oxygen atoms in total. The van der Waals surface area contributed by atoms with Gasteiger partial charge in [-0.3, -0.25) is 19.3 Å². The van der Waals surface area contributed by atoms with E-state index in [0.29, 0.717) is 18.5 Å². The van der Waals surface area contributed by atoms with Gasteiger partial charge in [-0.25, -0.2) is 0 Å². The summed E-state index contributed by atoms with van der Waals surface area (Å²) in [5, 5.41) is 12.6. The number of hydrogen-bond acceptors (Lipinski definition) is 5. The molecule has 2 aliphatic rings. The van der Waals surface area contributed by atoms with Gasteiger partial charge in [-0.05, 0) is 77.7 Å². The number of nitrogens with one attached hydrogen (secondary N) is 1. The molecule has 2 rings (SSSR count). The second-order valence-corrected chi connectivity index (χ2v) is 12.3. The van der Waals surface area contributed by atoms with Crippen molar-refractivity contribution in [3.05, 3.63) is 11.6 Å². The highest BCUT2D eigenvalue weighted by molar-refractivity contribution is 5.94. The van der Waals surface area contributed by atoms with Crippen LogP contribution in [0.15, 0.2) is 11.6 Å². The lowest BCUT2D eigenvalue weighted by Crippen LogP contribution is -2.58. The van der Waals surface area contributed by atoms with E-state index in [9.17, 15) is 19.5 Å². The maximum absolute atomic E-state index is 13.8. The van der Waals surface area contributed by atoms with Gasteiger partial charge in [0.1, 0.15) is 6.04 Å². The molecular weight excluding hydrogens is 480 g/mol. The SMILES string of the molecule is C/C(=C\[C@H](C(C)C)N(C)C(=O)[C@@H](NC(=O)C1CCCCN1C(C)C)C(C)C)C(=O)N1CCCCC1CCO. The summed E-state index contributed by atoms with van der Waals surface area (Å²) in [6.07, 6.45) is 8.38. The summed E-state index contributed by atoms with van der Waals surface area (Å²) in [6.45, 7) is 15.7. The van der Waals surface area contributed by atoms with E-state index in [1.807, 2.05) is 45.6 Å². The average Bonchev–Trinajstić information content (AvgIpc) is 2.88. The fourth-order valence-electron chi connectivity index (χ4n) is 6.01. The number of aliphatic hydroxyl groups excluding tert-OH is 1. The number of nitrogens with zero attached hydrogens (tertiary/aromatic N) is 3. The van der Waals surface area contributed by atoms with Gasteiger partial charge in [0.25, 0.3) is 0 Å². The van der Waals surface area contributed by atoms with Crippen molar-refractivity contribution in [2.75, 3.05) is 26.7 Å². The van der Waals surface area contributed by atoms with Crippen LogP contribution in [0.25, 0.3) is 0 Å². The van der Waals surface area contributed by atoms with Crippen molar-refractivity contribution < 1.29 is 19.5 Å². The van der Waals surface area contributed by atoms with Crippen LogP contribution in [0.2, 0.25) is 0 Å². The van der Waals surface area contributed by atoms with Gasteiger partial charge in [0.2, 0.25) is 17.7 Å². The Bertz CT molecular complexity index is 823. The van der Waals surface area contributed by atoms with Crippen LogP contribution in [0.5, 0.6) is 0 Å². The molecule has 2 saturated heterocycles. The number of hydrogen-bond donors (Lipinski definition) is 2. The Kier molecular flexibility index (Phi) is 12.8. The monoisotopic (exact) mass is 534 g/mol. The molecule has 218 valence electrons. The number of carbonyl (C=O) groups excluding carboxylic acids is 3. The molecule has 4 atom stereocenters. The predicted octanol–water partition coefficient (Wildman–Crippen LogP) is 3.58. The first-order valence-corrected chi connectivity index (χ1v) is 14.8. The molecule has 3 amide bonds. The molecule has 8 heteroatoms. The number of piperidine rings is 2. The van der Waals surface area contributed by atoms with E-state index in [2.05, 4.69) is 24.1 Å². The molecule has 2 heterocycles. The van der Waals surface area contributed by atoms with Gasteiger partial charge in [-0.1, -0.05) is 40.2 Å². The lowest BCUT2D eigenvalue weighted by atomic mass is 9.95. The molecule has 2 unspecified atom stereocenters. The highest BCUT2D eigenvalue weighted by Gasteiger charge is 2.36. The Balaban J connectivity index is 2.20. The first-order chi connectivity index (χ1) is 17.9. The van der Waals surface area contributed by atoms with Crippen LogP contribution in [0.1, 0.15) is 93.4 Å². The zero-order valence-electron chi connectivity index (χ0n) is 25.2. The molecular formula is C30H54N4O4. The van der Waals surface area contributed by atoms with E-state index < -0.39 is 6.04 Å². The molecule has 38 heavy (non-hydrogen) atoms. The van der Waals surface area contributed by atoms with Crippen molar-refractivity contribution in [2.45, 2.75) is 124 Å². The van der Waals surface area contributed by atoms with Crippen molar-refractivity contribution in [3.8, 4) is 0 Å². The number of rotatable bonds is 11. The summed E-state index contributed by atoms with van der Waals surface area (Å²) >= 11 is 0. The van der Waals surface area contributed by atoms with Gasteiger partial charge in [-0.15, -0.1) is 0 Å². The highest BCUT2D eigenvalue weighted by Crippen LogP contribution is 2.24. The Morgan fingerprint density at radius 2 is 1.61 bits per heavy atom. The Morgan fingerprint density at radius 1 is 0.974 bits per heavy atom. The van der Waals surface area contributed by atoms with Gasteiger partial charge < -0.3 is 20.2 Å². The molecule has 0 aliphatic carbocycles. The average molecular weight is 535 g/mol. The third-order valence-electron chi connectivity index (χ3n) is 8.33. The lowest BCUT2D eigenvalue weighted by molar-refractivity contribution is -0.140. The van der Waals surface area contributed by atoms with Crippen molar-refractivity contribution in [1.82, 2.24) is 20.0 Å². The van der Waals surface area contributed by atoms with E-state index in [1.54, 1.807) is 11.9 Å². The number of aliphatic hydroxyl groups is 1. The van der Waals surface area contributed by atoms with Gasteiger partial charge >= 0.3 is 0 Å². The quantitative estimate of drug-likeness (QED) is 0.395. The van der Waals surface area contributed by atoms with Crippen LogP contribution < -0.4 is 5.32 Å². The summed E-state index contributed by atoms with van der Waals surface area (Å²) in [7, 11) is 1.78. The number of likely N-dealkylation sites (tertiary alicyclic amines) is 2. The molecule has 0 bridgehead atoms. The van der Waals surface area contributed by atoms with E-state index in [1.165, 1.54) is 0 Å². The fraction of sp³-hybridized carbons (Fsp3) is 0.833. The molecule has 2 N–H and O–H groups in total. The minimum Gasteiger partial charge on any atom is -0.396 e. The van der Waals surface area contributed by atoms with Crippen molar-refractivity contribution in [3.63, 3.8) is 0 Å². The fourth-order valence-corrected chi connectivity index (χ4v) is 6.01. The van der Waals surface area contributed by atoms with Crippen LogP contribution in [-0.2, 0) is 14.4 Å². The van der Waals surface area contributed by atoms with E-state index in [0.717, 1.165) is 45.1 Å². The molecule has 0 spiro atoms. The topological polar surface area (TPSA) is 93.2 Å². The first-order valence-electron chi connectivity index (χ1n) is 14.8. The summed E-state index contributed by atoms with van der Waals surface area (Å²) in [5.74, 6) is -0.209. The predicted molar refractivity (Wildman–Crippen MR) is 152 cm³/mol. The van der Waals surface area contributed by atoms with Crippen LogP contribution in [0, 0.1) is 11.8 Å². The summed E-state index contributed by atoms with van der Waals surface area (Å²) in [5.41, 5.74) is 0.619. The van der Waals surface area contributed by atoms with Gasteiger partial charge in [-0.2, -0.15) is 0 Å². The van der Waals surface area contributed by atoms with Crippen molar-refractivity contribution >= 4 is 17.7 Å². The third-order valence-corrected chi connectivity index (χ3v) is 8.33. The zero-order chi connectivity index (χ0) is 28.6. The maximum Gasteiger partial charge on any atom is 0.249 e. The second kappa shape index (κ2) is 15.0. The second-order valence-electron chi connectivity index (χ2n) is 12.3. The Labute approximate surface area is 231 Å². The minimum absolute atomic E-state index is 0.0190. The van der Waals surface area contributed by atoms with E-state index >= 15 is 0 Å². The molecule has 0 aromatic heterocycles. The Hall–Kier alpha value is -1.93. The van der Waals surface area contributed by atoms with E-state index in [4.69, 9.17) is 0 Å². The zero-order valence-corrected chi connectivity index (χ0v) is 25.2. The highest BCUT2D eigenvalue weighted by atomic mass is 16.3. The van der Waals surface area contributed by atoms with Crippen LogP contribution in [0.3, 0.4) is 0 Å². The lowest BCUT2D eigenvalue weighted by Gasteiger charge is -2.39. The molecule has 0 aromatic rings. The van der Waals surface area contributed by atoms with Crippen LogP contribution >= 0.6 is 0 Å². The van der Waals surface area contributed by atoms with Gasteiger partial charge in [0.15, 0.2) is 0 Å². The first kappa shape index (κ1) is 32.3. The molecule has 0 aromatic carbocycles. The number of carbonyl (C=O) groups is 3. The van der Waals surface area contributed by atoms with E-state index in [-0.39, 0.29) is 60.3 Å². The third kappa shape index (κ3) is 8.28. The Morgan fingerprint density at radius 3 is 2.18 bits per heavy atom. The number of likely N-dealkylation sites (N-methyl/N-ethyl adjacent to an activating group) is 1. The molecule has 2 fully saturated rings. The standard InChI is InChI=1S/C30H54N4O4/c1-20(2)26(19-23(7)29(37)34-17-11-9-13-24(34)15-18-35)32(8)30(38)27(21(3)4)31-28(36)25-14-10-12-16-33(25)22(5)6/h19-22,24-27,35H,9-18H2,1-8H3,(H,31,36)/b23-19+/t24?,25?,26-,27+/m1/s1. The van der Waals surface area contributed by atoms with Gasteiger partial charge in [0.05, 0.1) is 12.1 Å². The number of amides is 3. The summed E-state index contributed by atoms with van der Waals surface area (Å²) < 4.78 is 0. The van der Waals surface area contributed by atoms with Gasteiger partial charge in [0, 0.05) is 37.9 Å². The summed E-state index contributed by atoms with van der Waals surface area (Å²) in [4.78, 5) is 46.4. The largest absolute Gasteiger partial charge is 0.396 e. The molecule has 2 aliphatic heterocycles. The van der Waals surface area contributed by atoms with Crippen LogP contribution in [0.4, 0.5) is 0 Å². The van der Waals surface area contributed by atoms with Crippen LogP contribution in [-0.4, -0.2) is 94.5 Å². The molecule has 0 saturated carbocycles. The smallest absolute Gasteiger partial charge is 0.249 e.